The Bertz CT molecular complexity index is 1360. The van der Waals surface area contributed by atoms with Crippen LogP contribution in [-0.2, 0) is 14.6 Å². The SMILES string of the molecule is COc1ccc(Cl)cc1S(=O)(=O)c1cnc(N2CCN(CC(=O)Nc3ccc(C)cc3)CC2)nc1N. The molecule has 12 heteroatoms. The molecule has 3 aromatic rings. The van der Waals surface area contributed by atoms with E-state index in [0.717, 1.165) is 11.3 Å². The van der Waals surface area contributed by atoms with E-state index in [4.69, 9.17) is 22.1 Å². The van der Waals surface area contributed by atoms with Gasteiger partial charge in [0.05, 0.1) is 19.9 Å². The molecule has 0 atom stereocenters. The number of nitrogens with one attached hydrogen (secondary N) is 1. The Kier molecular flexibility index (Phi) is 7.62. The van der Waals surface area contributed by atoms with Crippen molar-refractivity contribution in [1.82, 2.24) is 14.9 Å². The van der Waals surface area contributed by atoms with Gasteiger partial charge in [-0.15, -0.1) is 0 Å². The lowest BCUT2D eigenvalue weighted by molar-refractivity contribution is -0.117. The number of methoxy groups -OCH3 is 1. The lowest BCUT2D eigenvalue weighted by Crippen LogP contribution is -2.49. The number of nitrogens with two attached hydrogens (primary N) is 1. The Morgan fingerprint density at radius 1 is 1.11 bits per heavy atom. The first-order valence-electron chi connectivity index (χ1n) is 11.2. The van der Waals surface area contributed by atoms with Gasteiger partial charge in [0.15, 0.2) is 0 Å². The molecule has 0 saturated carbocycles. The van der Waals surface area contributed by atoms with Gasteiger partial charge in [-0.3, -0.25) is 9.69 Å². The van der Waals surface area contributed by atoms with E-state index in [1.165, 1.54) is 31.5 Å². The summed E-state index contributed by atoms with van der Waals surface area (Å²) in [5.74, 6) is 0.222. The van der Waals surface area contributed by atoms with Crippen molar-refractivity contribution in [2.75, 3.05) is 55.8 Å². The first-order chi connectivity index (χ1) is 17.2. The van der Waals surface area contributed by atoms with Crippen LogP contribution in [0.25, 0.3) is 0 Å². The molecule has 10 nitrogen and oxygen atoms in total. The first kappa shape index (κ1) is 25.7. The number of carbonyl (C=O) groups excluding carboxylic acids is 1. The average Bonchev–Trinajstić information content (AvgIpc) is 2.85. The second kappa shape index (κ2) is 10.7. The van der Waals surface area contributed by atoms with Gasteiger partial charge < -0.3 is 20.7 Å². The predicted molar refractivity (Wildman–Crippen MR) is 138 cm³/mol. The molecule has 190 valence electrons. The fourth-order valence-corrected chi connectivity index (χ4v) is 5.54. The molecular weight excluding hydrogens is 504 g/mol. The molecule has 2 heterocycles. The zero-order valence-electron chi connectivity index (χ0n) is 19.9. The second-order valence-electron chi connectivity index (χ2n) is 8.40. The highest BCUT2D eigenvalue weighted by Crippen LogP contribution is 2.33. The molecule has 36 heavy (non-hydrogen) atoms. The highest BCUT2D eigenvalue weighted by Gasteiger charge is 2.28. The number of hydrogen-bond acceptors (Lipinski definition) is 9. The maximum absolute atomic E-state index is 13.2. The number of benzene rings is 2. The number of halogens is 1. The highest BCUT2D eigenvalue weighted by molar-refractivity contribution is 7.91. The van der Waals surface area contributed by atoms with E-state index in [9.17, 15) is 13.2 Å². The van der Waals surface area contributed by atoms with Crippen molar-refractivity contribution in [3.63, 3.8) is 0 Å². The Balaban J connectivity index is 1.40. The fraction of sp³-hybridized carbons (Fsp3) is 0.292. The van der Waals surface area contributed by atoms with Crippen LogP contribution in [0, 0.1) is 6.92 Å². The Morgan fingerprint density at radius 3 is 2.44 bits per heavy atom. The number of anilines is 3. The van der Waals surface area contributed by atoms with Crippen LogP contribution in [0.4, 0.5) is 17.5 Å². The van der Waals surface area contributed by atoms with Crippen LogP contribution in [0.2, 0.25) is 5.02 Å². The second-order valence-corrected chi connectivity index (χ2v) is 10.7. The molecule has 2 aromatic carbocycles. The van der Waals surface area contributed by atoms with Gasteiger partial charge >= 0.3 is 0 Å². The van der Waals surface area contributed by atoms with Crippen molar-refractivity contribution >= 4 is 44.8 Å². The van der Waals surface area contributed by atoms with Gasteiger partial charge in [-0.2, -0.15) is 4.98 Å². The molecule has 1 amide bonds. The van der Waals surface area contributed by atoms with Gasteiger partial charge in [0.2, 0.25) is 21.7 Å². The zero-order chi connectivity index (χ0) is 25.9. The van der Waals surface area contributed by atoms with Crippen LogP contribution in [0.5, 0.6) is 5.75 Å². The molecule has 3 N–H and O–H groups in total. The number of carbonyl (C=O) groups is 1. The molecule has 4 rings (SSSR count). The summed E-state index contributed by atoms with van der Waals surface area (Å²) < 4.78 is 31.6. The third kappa shape index (κ3) is 5.69. The summed E-state index contributed by atoms with van der Waals surface area (Å²) in [6, 6.07) is 12.0. The maximum atomic E-state index is 13.2. The zero-order valence-corrected chi connectivity index (χ0v) is 21.5. The number of ether oxygens (including phenoxy) is 1. The molecular formula is C24H27ClN6O4S. The Hall–Kier alpha value is -3.41. The molecule has 0 spiro atoms. The molecule has 0 aliphatic carbocycles. The van der Waals surface area contributed by atoms with Crippen molar-refractivity contribution < 1.29 is 17.9 Å². The minimum absolute atomic E-state index is 0.0844. The molecule has 1 aliphatic rings. The minimum Gasteiger partial charge on any atom is -0.495 e. The van der Waals surface area contributed by atoms with Crippen LogP contribution in [0.3, 0.4) is 0 Å². The number of nitrogens with zero attached hydrogens (tertiary/aromatic N) is 4. The molecule has 1 saturated heterocycles. The van der Waals surface area contributed by atoms with Crippen LogP contribution in [0.15, 0.2) is 58.5 Å². The predicted octanol–water partition coefficient (Wildman–Crippen LogP) is 2.62. The molecule has 0 radical (unpaired) electrons. The van der Waals surface area contributed by atoms with Crippen molar-refractivity contribution in [3.8, 4) is 5.75 Å². The van der Waals surface area contributed by atoms with Gasteiger partial charge in [0.25, 0.3) is 0 Å². The van der Waals surface area contributed by atoms with Gasteiger partial charge in [0, 0.05) is 36.9 Å². The van der Waals surface area contributed by atoms with Gasteiger partial charge in [-0.1, -0.05) is 29.3 Å². The summed E-state index contributed by atoms with van der Waals surface area (Å²) in [6.07, 6.45) is 1.20. The standard InChI is InChI=1S/C24H27ClN6O4S/c1-16-3-6-18(7-4-16)28-22(32)15-30-9-11-31(12-10-30)24-27-14-21(23(26)29-24)36(33,34)20-13-17(25)5-8-19(20)35-2/h3-8,13-14H,9-12,15H2,1-2H3,(H,28,32)(H2,26,27,29). The molecule has 0 unspecified atom stereocenters. The largest absolute Gasteiger partial charge is 0.495 e. The van der Waals surface area contributed by atoms with Crippen LogP contribution in [0.1, 0.15) is 5.56 Å². The monoisotopic (exact) mass is 530 g/mol. The van der Waals surface area contributed by atoms with E-state index in [1.807, 2.05) is 41.0 Å². The van der Waals surface area contributed by atoms with E-state index < -0.39 is 9.84 Å². The number of amides is 1. The Labute approximate surface area is 215 Å². The number of piperazine rings is 1. The number of aryl methyl sites for hydroxylation is 1. The van der Waals surface area contributed by atoms with Crippen molar-refractivity contribution in [2.45, 2.75) is 16.7 Å². The highest BCUT2D eigenvalue weighted by atomic mass is 35.5. The van der Waals surface area contributed by atoms with E-state index in [2.05, 4.69) is 15.3 Å². The maximum Gasteiger partial charge on any atom is 0.238 e. The summed E-state index contributed by atoms with van der Waals surface area (Å²) in [7, 11) is -2.69. The number of sulfone groups is 1. The fourth-order valence-electron chi connectivity index (χ4n) is 3.86. The smallest absolute Gasteiger partial charge is 0.238 e. The number of aromatic nitrogens is 2. The summed E-state index contributed by atoms with van der Waals surface area (Å²) in [5.41, 5.74) is 7.95. The molecule has 1 aromatic heterocycles. The molecule has 1 aliphatic heterocycles. The van der Waals surface area contributed by atoms with E-state index >= 15 is 0 Å². The number of nitrogen functional groups attached to an aromatic ring is 1. The lowest BCUT2D eigenvalue weighted by atomic mass is 10.2. The van der Waals surface area contributed by atoms with Gasteiger partial charge in [-0.05, 0) is 37.3 Å². The van der Waals surface area contributed by atoms with Crippen molar-refractivity contribution in [1.29, 1.82) is 0 Å². The van der Waals surface area contributed by atoms with Crippen LogP contribution in [-0.4, -0.2) is 69.0 Å². The quantitative estimate of drug-likeness (QED) is 0.473. The van der Waals surface area contributed by atoms with Crippen LogP contribution >= 0.6 is 11.6 Å². The first-order valence-corrected chi connectivity index (χ1v) is 13.1. The average molecular weight is 531 g/mol. The molecule has 1 fully saturated rings. The van der Waals surface area contributed by atoms with Gasteiger partial charge in [0.1, 0.15) is 21.4 Å². The van der Waals surface area contributed by atoms with E-state index in [-0.39, 0.29) is 38.8 Å². The molecule has 0 bridgehead atoms. The Morgan fingerprint density at radius 2 is 1.81 bits per heavy atom. The third-order valence-corrected chi connectivity index (χ3v) is 7.86. The summed E-state index contributed by atoms with van der Waals surface area (Å²) in [6.45, 7) is 4.61. The number of rotatable bonds is 7. The van der Waals surface area contributed by atoms with Crippen molar-refractivity contribution in [3.05, 3.63) is 59.2 Å². The normalized spacial score (nSPS) is 14.5. The van der Waals surface area contributed by atoms with Gasteiger partial charge in [-0.25, -0.2) is 13.4 Å². The summed E-state index contributed by atoms with van der Waals surface area (Å²) in [5, 5.41) is 3.15. The summed E-state index contributed by atoms with van der Waals surface area (Å²) in [4.78, 5) is 24.5. The lowest BCUT2D eigenvalue weighted by Gasteiger charge is -2.34. The minimum atomic E-state index is -4.06. The topological polar surface area (TPSA) is 131 Å². The number of hydrogen-bond donors (Lipinski definition) is 2. The van der Waals surface area contributed by atoms with E-state index in [0.29, 0.717) is 32.1 Å². The van der Waals surface area contributed by atoms with Crippen LogP contribution < -0.4 is 20.7 Å². The van der Waals surface area contributed by atoms with E-state index in [1.54, 1.807) is 0 Å². The van der Waals surface area contributed by atoms with Crippen molar-refractivity contribution in [2.24, 2.45) is 0 Å². The summed E-state index contributed by atoms with van der Waals surface area (Å²) >= 11 is 6.01. The third-order valence-electron chi connectivity index (χ3n) is 5.83.